The molecule has 0 aliphatic carbocycles. The highest BCUT2D eigenvalue weighted by Gasteiger charge is 2.37. The van der Waals surface area contributed by atoms with Crippen molar-refractivity contribution < 1.29 is 9.90 Å². The number of H-pyrrole nitrogens is 1. The van der Waals surface area contributed by atoms with Gasteiger partial charge in [0, 0.05) is 12.6 Å². The molecule has 0 bridgehead atoms. The van der Waals surface area contributed by atoms with Crippen molar-refractivity contribution in [1.82, 2.24) is 15.0 Å². The zero-order valence-electron chi connectivity index (χ0n) is 10.8. The third kappa shape index (κ3) is 2.08. The number of rotatable bonds is 4. The molecule has 1 unspecified atom stereocenters. The fourth-order valence-corrected chi connectivity index (χ4v) is 1.87. The highest BCUT2D eigenvalue weighted by Crippen LogP contribution is 2.31. The first-order valence-corrected chi connectivity index (χ1v) is 5.95. The first kappa shape index (κ1) is 12.5. The Labute approximate surface area is 105 Å². The van der Waals surface area contributed by atoms with Crippen LogP contribution in [0.1, 0.15) is 26.6 Å². The van der Waals surface area contributed by atoms with Crippen LogP contribution in [0.25, 0.3) is 11.0 Å². The molecule has 5 nitrogen and oxygen atoms in total. The molecule has 96 valence electrons. The number of imidazole rings is 1. The molecular weight excluding hydrogens is 230 g/mol. The molecule has 18 heavy (non-hydrogen) atoms. The molecule has 0 saturated heterocycles. The lowest BCUT2D eigenvalue weighted by Gasteiger charge is -2.27. The zero-order chi connectivity index (χ0) is 13.3. The van der Waals surface area contributed by atoms with E-state index in [1.807, 2.05) is 19.9 Å². The lowest BCUT2D eigenvalue weighted by atomic mass is 9.76. The lowest BCUT2D eigenvalue weighted by Crippen LogP contribution is -2.35. The summed E-state index contributed by atoms with van der Waals surface area (Å²) in [4.78, 5) is 23.0. The summed E-state index contributed by atoms with van der Waals surface area (Å²) in [7, 11) is 0. The van der Waals surface area contributed by atoms with E-state index in [-0.39, 0.29) is 5.92 Å². The lowest BCUT2D eigenvalue weighted by molar-refractivity contribution is -0.150. The smallest absolute Gasteiger partial charge is 0.310 e. The summed E-state index contributed by atoms with van der Waals surface area (Å²) in [6.07, 6.45) is 3.75. The summed E-state index contributed by atoms with van der Waals surface area (Å²) in [6.45, 7) is 5.59. The van der Waals surface area contributed by atoms with E-state index in [4.69, 9.17) is 0 Å². The van der Waals surface area contributed by atoms with E-state index >= 15 is 0 Å². The van der Waals surface area contributed by atoms with Crippen molar-refractivity contribution in [3.8, 4) is 0 Å². The molecule has 2 heterocycles. The number of hydrogen-bond acceptors (Lipinski definition) is 3. The van der Waals surface area contributed by atoms with Crippen LogP contribution in [-0.2, 0) is 11.2 Å². The molecule has 0 aliphatic heterocycles. The number of nitrogens with one attached hydrogen (secondary N) is 1. The van der Waals surface area contributed by atoms with Gasteiger partial charge < -0.3 is 10.1 Å². The van der Waals surface area contributed by atoms with Crippen molar-refractivity contribution in [2.24, 2.45) is 11.3 Å². The van der Waals surface area contributed by atoms with E-state index < -0.39 is 11.4 Å². The molecule has 0 spiro atoms. The van der Waals surface area contributed by atoms with Crippen molar-refractivity contribution in [2.75, 3.05) is 0 Å². The molecule has 2 aromatic heterocycles. The SMILES string of the molecule is CC(C)C(C)(Cc1nc2ccncc2[nH]1)C(=O)O. The van der Waals surface area contributed by atoms with E-state index in [0.29, 0.717) is 12.2 Å². The minimum absolute atomic E-state index is 0.0290. The Morgan fingerprint density at radius 1 is 1.56 bits per heavy atom. The Morgan fingerprint density at radius 2 is 2.28 bits per heavy atom. The third-order valence-corrected chi connectivity index (χ3v) is 3.63. The van der Waals surface area contributed by atoms with Gasteiger partial charge in [-0.25, -0.2) is 4.98 Å². The Kier molecular flexibility index (Phi) is 3.07. The fourth-order valence-electron chi connectivity index (χ4n) is 1.87. The zero-order valence-corrected chi connectivity index (χ0v) is 10.8. The van der Waals surface area contributed by atoms with Gasteiger partial charge >= 0.3 is 5.97 Å². The maximum absolute atomic E-state index is 11.4. The molecule has 0 aromatic carbocycles. The molecule has 0 radical (unpaired) electrons. The van der Waals surface area contributed by atoms with Gasteiger partial charge in [-0.1, -0.05) is 13.8 Å². The van der Waals surface area contributed by atoms with E-state index in [1.54, 1.807) is 19.3 Å². The van der Waals surface area contributed by atoms with Crippen LogP contribution >= 0.6 is 0 Å². The number of aromatic amines is 1. The summed E-state index contributed by atoms with van der Waals surface area (Å²) in [6, 6.07) is 1.81. The molecule has 0 saturated carbocycles. The molecular formula is C13H17N3O2. The molecule has 5 heteroatoms. The van der Waals surface area contributed by atoms with Crippen LogP contribution in [0.3, 0.4) is 0 Å². The number of pyridine rings is 1. The van der Waals surface area contributed by atoms with Gasteiger partial charge in [0.15, 0.2) is 0 Å². The summed E-state index contributed by atoms with van der Waals surface area (Å²) in [5, 5.41) is 9.39. The molecule has 2 rings (SSSR count). The van der Waals surface area contributed by atoms with Gasteiger partial charge in [-0.05, 0) is 18.9 Å². The van der Waals surface area contributed by atoms with Crippen LogP contribution < -0.4 is 0 Å². The molecule has 0 amide bonds. The standard InChI is InChI=1S/C13H17N3O2/c1-8(2)13(3,12(17)18)6-11-15-9-4-5-14-7-10(9)16-11/h4-5,7-8H,6H2,1-3H3,(H,15,16)(H,17,18). The molecule has 2 aromatic rings. The van der Waals surface area contributed by atoms with Gasteiger partial charge in [-0.3, -0.25) is 9.78 Å². The topological polar surface area (TPSA) is 78.9 Å². The average molecular weight is 247 g/mol. The molecule has 0 aliphatic rings. The Balaban J connectivity index is 2.35. The Bertz CT molecular complexity index is 543. The van der Waals surface area contributed by atoms with Gasteiger partial charge in [-0.15, -0.1) is 0 Å². The van der Waals surface area contributed by atoms with Gasteiger partial charge in [0.25, 0.3) is 0 Å². The first-order valence-electron chi connectivity index (χ1n) is 5.95. The Hall–Kier alpha value is -1.91. The van der Waals surface area contributed by atoms with Crippen LogP contribution in [0.5, 0.6) is 0 Å². The van der Waals surface area contributed by atoms with Crippen molar-refractivity contribution in [3.05, 3.63) is 24.3 Å². The second-order valence-electron chi connectivity index (χ2n) is 5.13. The van der Waals surface area contributed by atoms with Crippen LogP contribution in [-0.4, -0.2) is 26.0 Å². The van der Waals surface area contributed by atoms with Crippen LogP contribution in [0.15, 0.2) is 18.5 Å². The maximum atomic E-state index is 11.4. The Morgan fingerprint density at radius 3 is 2.83 bits per heavy atom. The number of fused-ring (bicyclic) bond motifs is 1. The number of nitrogens with zero attached hydrogens (tertiary/aromatic N) is 2. The number of hydrogen-bond donors (Lipinski definition) is 2. The summed E-state index contributed by atoms with van der Waals surface area (Å²) < 4.78 is 0. The first-order chi connectivity index (χ1) is 8.43. The minimum atomic E-state index is -0.818. The largest absolute Gasteiger partial charge is 0.481 e. The highest BCUT2D eigenvalue weighted by atomic mass is 16.4. The number of aromatic nitrogens is 3. The molecule has 1 atom stereocenters. The van der Waals surface area contributed by atoms with E-state index in [1.165, 1.54) is 0 Å². The van der Waals surface area contributed by atoms with Gasteiger partial charge in [-0.2, -0.15) is 0 Å². The van der Waals surface area contributed by atoms with E-state index in [0.717, 1.165) is 11.0 Å². The second-order valence-corrected chi connectivity index (χ2v) is 5.13. The van der Waals surface area contributed by atoms with Crippen molar-refractivity contribution in [1.29, 1.82) is 0 Å². The predicted octanol–water partition coefficient (Wildman–Crippen LogP) is 2.25. The number of carboxylic acids is 1. The van der Waals surface area contributed by atoms with Crippen LogP contribution in [0, 0.1) is 11.3 Å². The van der Waals surface area contributed by atoms with E-state index in [2.05, 4.69) is 15.0 Å². The van der Waals surface area contributed by atoms with Gasteiger partial charge in [0.1, 0.15) is 5.82 Å². The molecule has 0 fully saturated rings. The third-order valence-electron chi connectivity index (χ3n) is 3.63. The number of aliphatic carboxylic acids is 1. The van der Waals surface area contributed by atoms with Crippen LogP contribution in [0.4, 0.5) is 0 Å². The van der Waals surface area contributed by atoms with Gasteiger partial charge in [0.05, 0.1) is 22.6 Å². The number of carboxylic acid groups (broad SMARTS) is 1. The summed E-state index contributed by atoms with van der Waals surface area (Å²) in [5.74, 6) is -0.0750. The van der Waals surface area contributed by atoms with E-state index in [9.17, 15) is 9.90 Å². The monoisotopic (exact) mass is 247 g/mol. The normalized spacial score (nSPS) is 14.9. The summed E-state index contributed by atoms with van der Waals surface area (Å²) in [5.41, 5.74) is 0.835. The summed E-state index contributed by atoms with van der Waals surface area (Å²) >= 11 is 0. The average Bonchev–Trinajstić information content (AvgIpc) is 2.70. The fraction of sp³-hybridized carbons (Fsp3) is 0.462. The minimum Gasteiger partial charge on any atom is -0.481 e. The van der Waals surface area contributed by atoms with Crippen molar-refractivity contribution >= 4 is 17.0 Å². The van der Waals surface area contributed by atoms with Crippen LogP contribution in [0.2, 0.25) is 0 Å². The van der Waals surface area contributed by atoms with Crippen molar-refractivity contribution in [2.45, 2.75) is 27.2 Å². The highest BCUT2D eigenvalue weighted by molar-refractivity contribution is 5.76. The predicted molar refractivity (Wildman–Crippen MR) is 68.2 cm³/mol. The van der Waals surface area contributed by atoms with Crippen molar-refractivity contribution in [3.63, 3.8) is 0 Å². The molecule has 2 N–H and O–H groups in total. The quantitative estimate of drug-likeness (QED) is 0.868. The number of carbonyl (C=O) groups is 1. The second kappa shape index (κ2) is 4.40. The maximum Gasteiger partial charge on any atom is 0.310 e. The van der Waals surface area contributed by atoms with Gasteiger partial charge in [0.2, 0.25) is 0 Å².